The van der Waals surface area contributed by atoms with Gasteiger partial charge in [-0.05, 0) is 47.6 Å². The summed E-state index contributed by atoms with van der Waals surface area (Å²) in [6.45, 7) is 4.00. The highest BCUT2D eigenvalue weighted by molar-refractivity contribution is 7.99. The summed E-state index contributed by atoms with van der Waals surface area (Å²) in [5.41, 5.74) is 5.25. The number of methoxy groups -OCH3 is 1. The monoisotopic (exact) mass is 525 g/mol. The third-order valence-corrected chi connectivity index (χ3v) is 6.04. The summed E-state index contributed by atoms with van der Waals surface area (Å²) < 4.78 is 84.7. The van der Waals surface area contributed by atoms with E-state index in [1.807, 2.05) is 13.8 Å². The van der Waals surface area contributed by atoms with Crippen LogP contribution in [-0.4, -0.2) is 41.9 Å². The van der Waals surface area contributed by atoms with E-state index < -0.39 is 35.8 Å². The molecule has 2 rings (SSSR count). The molecule has 2 unspecified atom stereocenters. The molecule has 3 N–H and O–H groups in total. The van der Waals surface area contributed by atoms with Gasteiger partial charge in [-0.3, -0.25) is 4.79 Å². The van der Waals surface area contributed by atoms with E-state index in [4.69, 9.17) is 15.6 Å². The number of benzene rings is 2. The molecule has 0 heterocycles. The van der Waals surface area contributed by atoms with Crippen LogP contribution in [0.1, 0.15) is 43.7 Å². The van der Waals surface area contributed by atoms with Crippen LogP contribution >= 0.6 is 11.8 Å². The Morgan fingerprint density at radius 3 is 2.06 bits per heavy atom. The maximum atomic E-state index is 13.6. The minimum absolute atomic E-state index is 0.0277. The van der Waals surface area contributed by atoms with Crippen molar-refractivity contribution in [3.05, 3.63) is 53.6 Å². The maximum Gasteiger partial charge on any atom is 0.416 e. The first-order chi connectivity index (χ1) is 16.3. The second kappa shape index (κ2) is 13.6. The number of hydrogen-bond acceptors (Lipinski definition) is 4. The highest BCUT2D eigenvalue weighted by Gasteiger charge is 2.40. The summed E-state index contributed by atoms with van der Waals surface area (Å²) >= 11 is 1.19. The zero-order valence-electron chi connectivity index (χ0n) is 19.5. The molecule has 0 bridgehead atoms. The Bertz CT molecular complexity index is 932. The maximum absolute atomic E-state index is 13.6. The van der Waals surface area contributed by atoms with Gasteiger partial charge in [0.25, 0.3) is 0 Å². The number of alkyl halides is 6. The largest absolute Gasteiger partial charge is 0.496 e. The first-order valence-corrected chi connectivity index (χ1v) is 12.0. The fourth-order valence-electron chi connectivity index (χ4n) is 3.16. The Morgan fingerprint density at radius 2 is 1.57 bits per heavy atom. The number of carbonyl (C=O) groups is 1. The highest BCUT2D eigenvalue weighted by Crippen LogP contribution is 2.40. The molecule has 0 aliphatic heterocycles. The third kappa shape index (κ3) is 9.29. The molecule has 11 heteroatoms. The Kier molecular flexibility index (Phi) is 11.9. The Labute approximate surface area is 204 Å². The van der Waals surface area contributed by atoms with Gasteiger partial charge in [0.15, 0.2) is 0 Å². The lowest BCUT2D eigenvalue weighted by Gasteiger charge is -2.21. The molecule has 196 valence electrons. The highest BCUT2D eigenvalue weighted by atomic mass is 32.2. The zero-order chi connectivity index (χ0) is 26.8. The second-order valence-electron chi connectivity index (χ2n) is 7.26. The third-order valence-electron chi connectivity index (χ3n) is 4.99. The van der Waals surface area contributed by atoms with Crippen LogP contribution in [0.5, 0.6) is 5.75 Å². The summed E-state index contributed by atoms with van der Waals surface area (Å²) in [4.78, 5) is 10.7. The number of thioether (sulfide) groups is 1. The Balaban J connectivity index is 0.00000298. The molecule has 2 aromatic rings. The van der Waals surface area contributed by atoms with Crippen LogP contribution in [0.2, 0.25) is 0 Å². The van der Waals surface area contributed by atoms with Crippen molar-refractivity contribution in [1.29, 1.82) is 0 Å². The topological polar surface area (TPSA) is 72.5 Å². The van der Waals surface area contributed by atoms with Crippen LogP contribution in [0.25, 0.3) is 11.1 Å². The van der Waals surface area contributed by atoms with Gasteiger partial charge in [-0.1, -0.05) is 44.2 Å². The van der Waals surface area contributed by atoms with Crippen molar-refractivity contribution in [1.82, 2.24) is 0 Å². The SMILES string of the molecule is CC.COc1cc(C(F)(F)F)ccc1-c1ccc(C(CCSCCC(N)C(=O)O)C(F)(F)F)cc1. The number of rotatable bonds is 10. The van der Waals surface area contributed by atoms with E-state index >= 15 is 0 Å². The molecule has 0 fully saturated rings. The first-order valence-electron chi connectivity index (χ1n) is 10.8. The number of ether oxygens (including phenoxy) is 1. The van der Waals surface area contributed by atoms with Crippen LogP contribution in [0, 0.1) is 0 Å². The van der Waals surface area contributed by atoms with Crippen molar-refractivity contribution in [2.45, 2.75) is 51.0 Å². The van der Waals surface area contributed by atoms with E-state index in [1.165, 1.54) is 49.2 Å². The van der Waals surface area contributed by atoms with Crippen LogP contribution < -0.4 is 10.5 Å². The van der Waals surface area contributed by atoms with Gasteiger partial charge in [-0.25, -0.2) is 0 Å². The zero-order valence-corrected chi connectivity index (χ0v) is 20.4. The molecule has 4 nitrogen and oxygen atoms in total. The molecule has 0 aromatic heterocycles. The molecule has 0 saturated carbocycles. The van der Waals surface area contributed by atoms with Gasteiger partial charge in [0, 0.05) is 5.56 Å². The lowest BCUT2D eigenvalue weighted by molar-refractivity contribution is -0.150. The number of nitrogens with two attached hydrogens (primary N) is 1. The Hall–Kier alpha value is -2.40. The summed E-state index contributed by atoms with van der Waals surface area (Å²) in [5, 5.41) is 8.73. The summed E-state index contributed by atoms with van der Waals surface area (Å²) in [6.07, 6.45) is -9.10. The second-order valence-corrected chi connectivity index (χ2v) is 8.49. The van der Waals surface area contributed by atoms with Gasteiger partial charge in [0.2, 0.25) is 0 Å². The number of carboxylic acid groups (broad SMARTS) is 1. The summed E-state index contributed by atoms with van der Waals surface area (Å²) in [7, 11) is 1.22. The predicted molar refractivity (Wildman–Crippen MR) is 126 cm³/mol. The average molecular weight is 526 g/mol. The van der Waals surface area contributed by atoms with Crippen molar-refractivity contribution in [2.75, 3.05) is 18.6 Å². The number of aliphatic carboxylic acids is 1. The number of hydrogen-bond donors (Lipinski definition) is 2. The smallest absolute Gasteiger partial charge is 0.416 e. The van der Waals surface area contributed by atoms with E-state index in [9.17, 15) is 31.1 Å². The van der Waals surface area contributed by atoms with Gasteiger partial charge in [-0.15, -0.1) is 0 Å². The number of carboxylic acids is 1. The fourth-order valence-corrected chi connectivity index (χ4v) is 4.18. The molecular weight excluding hydrogens is 496 g/mol. The molecular formula is C24H29F6NO3S. The van der Waals surface area contributed by atoms with Crippen LogP contribution in [0.4, 0.5) is 26.3 Å². The van der Waals surface area contributed by atoms with Gasteiger partial charge >= 0.3 is 18.3 Å². The molecule has 35 heavy (non-hydrogen) atoms. The lowest BCUT2D eigenvalue weighted by Crippen LogP contribution is -2.30. The van der Waals surface area contributed by atoms with Crippen molar-refractivity contribution in [3.8, 4) is 16.9 Å². The van der Waals surface area contributed by atoms with Crippen LogP contribution in [-0.2, 0) is 11.0 Å². The molecule has 0 aliphatic carbocycles. The molecule has 0 saturated heterocycles. The number of halogens is 6. The predicted octanol–water partition coefficient (Wildman–Crippen LogP) is 6.98. The quantitative estimate of drug-likeness (QED) is 0.259. The average Bonchev–Trinajstić information content (AvgIpc) is 2.80. The van der Waals surface area contributed by atoms with Crippen molar-refractivity contribution < 1.29 is 41.0 Å². The van der Waals surface area contributed by atoms with Crippen molar-refractivity contribution in [3.63, 3.8) is 0 Å². The molecule has 0 aliphatic rings. The minimum atomic E-state index is -4.55. The van der Waals surface area contributed by atoms with Crippen molar-refractivity contribution >= 4 is 17.7 Å². The molecule has 0 amide bonds. The van der Waals surface area contributed by atoms with E-state index in [0.717, 1.165) is 12.1 Å². The van der Waals surface area contributed by atoms with Gasteiger partial charge in [-0.2, -0.15) is 38.1 Å². The first kappa shape index (κ1) is 30.6. The molecule has 0 radical (unpaired) electrons. The van der Waals surface area contributed by atoms with E-state index in [0.29, 0.717) is 16.9 Å². The van der Waals surface area contributed by atoms with Crippen LogP contribution in [0.15, 0.2) is 42.5 Å². The molecule has 0 spiro atoms. The van der Waals surface area contributed by atoms with E-state index in [1.54, 1.807) is 0 Å². The minimum Gasteiger partial charge on any atom is -0.496 e. The van der Waals surface area contributed by atoms with E-state index in [-0.39, 0.29) is 29.9 Å². The standard InChI is InChI=1S/C22H23F6NO3S.C2H6/c1-32-19-12-15(21(23,24)25)6-7-16(19)13-2-4-14(5-3-13)17(22(26,27)28)8-10-33-11-9-18(29)20(30)31;1-2/h2-7,12,17-18H,8-11,29H2,1H3,(H,30,31);1-2H3. The van der Waals surface area contributed by atoms with Crippen LogP contribution in [0.3, 0.4) is 0 Å². The van der Waals surface area contributed by atoms with Gasteiger partial charge in [0.05, 0.1) is 18.6 Å². The summed E-state index contributed by atoms with van der Waals surface area (Å²) in [5.74, 6) is -2.45. The molecule has 2 atom stereocenters. The van der Waals surface area contributed by atoms with Gasteiger partial charge in [0.1, 0.15) is 11.8 Å². The van der Waals surface area contributed by atoms with Gasteiger partial charge < -0.3 is 15.6 Å². The molecule has 2 aromatic carbocycles. The fraction of sp³-hybridized carbons (Fsp3) is 0.458. The van der Waals surface area contributed by atoms with E-state index in [2.05, 4.69) is 0 Å². The lowest BCUT2D eigenvalue weighted by atomic mass is 9.93. The normalized spacial score (nSPS) is 13.4. The summed E-state index contributed by atoms with van der Waals surface area (Å²) in [6, 6.07) is 7.33. The Morgan fingerprint density at radius 1 is 1.00 bits per heavy atom. The van der Waals surface area contributed by atoms with Crippen molar-refractivity contribution in [2.24, 2.45) is 5.73 Å².